The van der Waals surface area contributed by atoms with Gasteiger partial charge in [0.2, 0.25) is 5.91 Å². The number of rotatable bonds is 8. The summed E-state index contributed by atoms with van der Waals surface area (Å²) in [6.07, 6.45) is 4.81. The van der Waals surface area contributed by atoms with Crippen molar-refractivity contribution in [2.24, 2.45) is 5.92 Å². The van der Waals surface area contributed by atoms with Gasteiger partial charge in [-0.3, -0.25) is 9.69 Å². The lowest BCUT2D eigenvalue weighted by Crippen LogP contribution is -2.42. The number of carbonyl (C=O) groups excluding carboxylic acids is 1. The van der Waals surface area contributed by atoms with E-state index in [2.05, 4.69) is 17.1 Å². The first-order valence-electron chi connectivity index (χ1n) is 8.14. The average molecular weight is 340 g/mol. The van der Waals surface area contributed by atoms with Gasteiger partial charge in [-0.15, -0.1) is 0 Å². The van der Waals surface area contributed by atoms with Crippen LogP contribution in [0.3, 0.4) is 0 Å². The number of hydrogen-bond acceptors (Lipinski definition) is 3. The van der Waals surface area contributed by atoms with Gasteiger partial charge in [-0.2, -0.15) is 8.78 Å². The number of carbonyl (C=O) groups is 1. The van der Waals surface area contributed by atoms with Crippen LogP contribution in [0.4, 0.5) is 14.5 Å². The number of halogens is 2. The number of anilines is 1. The molecule has 126 valence electrons. The lowest BCUT2D eigenvalue weighted by molar-refractivity contribution is -0.118. The molecule has 1 aromatic carbocycles. The third-order valence-corrected chi connectivity index (χ3v) is 5.33. The normalized spacial score (nSPS) is 19.2. The van der Waals surface area contributed by atoms with E-state index in [1.807, 2.05) is 0 Å². The molecule has 0 aromatic heterocycles. The molecule has 0 radical (unpaired) electrons. The third-order valence-electron chi connectivity index (χ3n) is 4.55. The van der Waals surface area contributed by atoms with E-state index in [0.717, 1.165) is 12.8 Å². The van der Waals surface area contributed by atoms with Crippen molar-refractivity contribution in [2.75, 3.05) is 11.9 Å². The molecule has 3 nitrogen and oxygen atoms in total. The van der Waals surface area contributed by atoms with Gasteiger partial charge in [-0.1, -0.05) is 23.9 Å². The molecule has 2 aliphatic rings. The van der Waals surface area contributed by atoms with Gasteiger partial charge in [0.25, 0.3) is 5.76 Å². The van der Waals surface area contributed by atoms with Crippen molar-refractivity contribution in [1.82, 2.24) is 4.90 Å². The first-order valence-corrected chi connectivity index (χ1v) is 9.02. The topological polar surface area (TPSA) is 32.3 Å². The molecule has 0 aliphatic heterocycles. The molecule has 0 bridgehead atoms. The van der Waals surface area contributed by atoms with Crippen LogP contribution in [0.5, 0.6) is 0 Å². The van der Waals surface area contributed by atoms with Gasteiger partial charge in [0.1, 0.15) is 0 Å². The van der Waals surface area contributed by atoms with E-state index >= 15 is 0 Å². The Morgan fingerprint density at radius 2 is 2.00 bits per heavy atom. The molecule has 0 saturated heterocycles. The summed E-state index contributed by atoms with van der Waals surface area (Å²) in [4.78, 5) is 15.1. The highest BCUT2D eigenvalue weighted by Crippen LogP contribution is 2.39. The Hall–Kier alpha value is -1.14. The summed E-state index contributed by atoms with van der Waals surface area (Å²) in [6, 6.07) is 7.68. The lowest BCUT2D eigenvalue weighted by atomic mass is 10.1. The molecule has 6 heteroatoms. The van der Waals surface area contributed by atoms with Crippen molar-refractivity contribution in [1.29, 1.82) is 0 Å². The van der Waals surface area contributed by atoms with Gasteiger partial charge in [-0.05, 0) is 50.7 Å². The van der Waals surface area contributed by atoms with Gasteiger partial charge in [0.05, 0.1) is 12.2 Å². The fourth-order valence-electron chi connectivity index (χ4n) is 2.99. The summed E-state index contributed by atoms with van der Waals surface area (Å²) >= 11 is 0.464. The summed E-state index contributed by atoms with van der Waals surface area (Å²) in [7, 11) is 0. The van der Waals surface area contributed by atoms with Crippen LogP contribution in [0.1, 0.15) is 32.6 Å². The number of hydrogen-bond donors (Lipinski definition) is 1. The number of nitrogens with one attached hydrogen (secondary N) is 1. The highest BCUT2D eigenvalue weighted by Gasteiger charge is 2.39. The van der Waals surface area contributed by atoms with Crippen LogP contribution >= 0.6 is 11.8 Å². The molecule has 0 heterocycles. The third kappa shape index (κ3) is 4.67. The lowest BCUT2D eigenvalue weighted by Gasteiger charge is -2.28. The van der Waals surface area contributed by atoms with Crippen molar-refractivity contribution in [3.05, 3.63) is 24.3 Å². The zero-order valence-corrected chi connectivity index (χ0v) is 14.0. The number of nitrogens with zero attached hydrogens (tertiary/aromatic N) is 1. The minimum atomic E-state index is -2.49. The summed E-state index contributed by atoms with van der Waals surface area (Å²) in [6.45, 7) is 2.54. The Morgan fingerprint density at radius 1 is 1.30 bits per heavy atom. The summed E-state index contributed by atoms with van der Waals surface area (Å²) in [5, 5.41) is 2.81. The van der Waals surface area contributed by atoms with Crippen LogP contribution in [0.15, 0.2) is 29.2 Å². The second-order valence-electron chi connectivity index (χ2n) is 6.40. The number of thioether (sulfide) groups is 1. The van der Waals surface area contributed by atoms with Crippen LogP contribution < -0.4 is 5.32 Å². The Morgan fingerprint density at radius 3 is 2.61 bits per heavy atom. The Kier molecular flexibility index (Phi) is 5.21. The molecule has 1 N–H and O–H groups in total. The first-order chi connectivity index (χ1) is 11.0. The van der Waals surface area contributed by atoms with E-state index in [0.29, 0.717) is 46.9 Å². The predicted molar refractivity (Wildman–Crippen MR) is 88.8 cm³/mol. The fourth-order valence-corrected chi connectivity index (χ4v) is 3.58. The second-order valence-corrected chi connectivity index (χ2v) is 7.44. The molecule has 1 unspecified atom stereocenters. The summed E-state index contributed by atoms with van der Waals surface area (Å²) in [5.41, 5.74) is 0.470. The highest BCUT2D eigenvalue weighted by molar-refractivity contribution is 7.99. The van der Waals surface area contributed by atoms with Gasteiger partial charge < -0.3 is 5.32 Å². The Labute approximate surface area is 139 Å². The summed E-state index contributed by atoms with van der Waals surface area (Å²) in [5.74, 6) is -1.90. The number of para-hydroxylation sites is 1. The molecule has 2 aliphatic carbocycles. The van der Waals surface area contributed by atoms with Crippen molar-refractivity contribution in [3.8, 4) is 0 Å². The van der Waals surface area contributed by atoms with Crippen LogP contribution in [0, 0.1) is 5.92 Å². The minimum absolute atomic E-state index is 0.119. The number of alkyl halides is 2. The molecule has 1 atom stereocenters. The maximum absolute atomic E-state index is 12.6. The molecule has 1 aromatic rings. The van der Waals surface area contributed by atoms with Gasteiger partial charge in [-0.25, -0.2) is 0 Å². The average Bonchev–Trinajstić information content (AvgIpc) is 3.38. The maximum Gasteiger partial charge on any atom is 0.288 e. The smallest absolute Gasteiger partial charge is 0.288 e. The van der Waals surface area contributed by atoms with E-state index in [4.69, 9.17) is 0 Å². The van der Waals surface area contributed by atoms with Crippen molar-refractivity contribution in [2.45, 2.75) is 55.3 Å². The van der Waals surface area contributed by atoms with Crippen molar-refractivity contribution >= 4 is 23.4 Å². The highest BCUT2D eigenvalue weighted by atomic mass is 32.2. The number of amides is 1. The molecule has 2 saturated carbocycles. The monoisotopic (exact) mass is 340 g/mol. The van der Waals surface area contributed by atoms with Crippen LogP contribution in [-0.2, 0) is 4.79 Å². The van der Waals surface area contributed by atoms with E-state index < -0.39 is 5.76 Å². The van der Waals surface area contributed by atoms with Gasteiger partial charge in [0.15, 0.2) is 0 Å². The molecule has 0 spiro atoms. The summed E-state index contributed by atoms with van der Waals surface area (Å²) < 4.78 is 25.2. The predicted octanol–water partition coefficient (Wildman–Crippen LogP) is 4.20. The Balaban J connectivity index is 1.62. The molecule has 3 rings (SSSR count). The van der Waals surface area contributed by atoms with Gasteiger partial charge >= 0.3 is 0 Å². The first kappa shape index (κ1) is 16.7. The zero-order valence-electron chi connectivity index (χ0n) is 13.2. The second kappa shape index (κ2) is 7.18. The van der Waals surface area contributed by atoms with Crippen LogP contribution in [-0.4, -0.2) is 35.2 Å². The fraction of sp³-hybridized carbons (Fsp3) is 0.588. The Bertz CT molecular complexity index is 561. The standard InChI is InChI=1S/C17H22F2N2OS/c1-11(12-6-7-12)21(13-8-9-13)10-16(22)20-14-4-2-3-5-15(14)23-17(18)19/h2-5,11-13,17H,6-10H2,1H3,(H,20,22). The quantitative estimate of drug-likeness (QED) is 0.720. The van der Waals surface area contributed by atoms with E-state index in [-0.39, 0.29) is 5.91 Å². The van der Waals surface area contributed by atoms with Crippen LogP contribution in [0.25, 0.3) is 0 Å². The van der Waals surface area contributed by atoms with E-state index in [1.54, 1.807) is 24.3 Å². The van der Waals surface area contributed by atoms with Crippen LogP contribution in [0.2, 0.25) is 0 Å². The molecular formula is C17H22F2N2OS. The van der Waals surface area contributed by atoms with Crippen molar-refractivity contribution in [3.63, 3.8) is 0 Å². The molecular weight excluding hydrogens is 318 g/mol. The minimum Gasteiger partial charge on any atom is -0.324 e. The van der Waals surface area contributed by atoms with Gasteiger partial charge in [0, 0.05) is 17.0 Å². The van der Waals surface area contributed by atoms with Crippen molar-refractivity contribution < 1.29 is 13.6 Å². The number of benzene rings is 1. The molecule has 2 fully saturated rings. The zero-order chi connectivity index (χ0) is 16.4. The largest absolute Gasteiger partial charge is 0.324 e. The van der Waals surface area contributed by atoms with E-state index in [9.17, 15) is 13.6 Å². The maximum atomic E-state index is 12.6. The molecule has 23 heavy (non-hydrogen) atoms. The van der Waals surface area contributed by atoms with E-state index in [1.165, 1.54) is 12.8 Å². The SMILES string of the molecule is CC(C1CC1)N(CC(=O)Nc1ccccc1SC(F)F)C1CC1. The molecule has 1 amide bonds.